The molecule has 98 valence electrons. The zero-order chi connectivity index (χ0) is 13.3. The van der Waals surface area contributed by atoms with Crippen molar-refractivity contribution in [3.63, 3.8) is 0 Å². The minimum absolute atomic E-state index is 0.222. The van der Waals surface area contributed by atoms with Gasteiger partial charge >= 0.3 is 5.97 Å². The summed E-state index contributed by atoms with van der Waals surface area (Å²) in [6.45, 7) is 5.25. The zero-order valence-corrected chi connectivity index (χ0v) is 11.4. The Labute approximate surface area is 112 Å². The highest BCUT2D eigenvalue weighted by molar-refractivity contribution is 6.34. The van der Waals surface area contributed by atoms with Crippen molar-refractivity contribution in [1.29, 1.82) is 0 Å². The fourth-order valence-electron chi connectivity index (χ4n) is 2.64. The first-order valence-electron chi connectivity index (χ1n) is 6.31. The topological polar surface area (TPSA) is 40.5 Å². The maximum absolute atomic E-state index is 11.4. The van der Waals surface area contributed by atoms with Gasteiger partial charge in [0.1, 0.15) is 5.56 Å². The molecule has 1 heterocycles. The fourth-order valence-corrected chi connectivity index (χ4v) is 2.89. The summed E-state index contributed by atoms with van der Waals surface area (Å²) in [7, 11) is 0. The molecule has 1 aliphatic heterocycles. The van der Waals surface area contributed by atoms with Crippen molar-refractivity contribution >= 4 is 23.3 Å². The molecular formula is C14H18ClNO2. The standard InChI is InChI=1S/C14H18ClNO2/c1-9-5-4-8-16(10(9)2)12-7-3-6-11(15)13(12)14(17)18/h3,6-7,9-10H,4-5,8H2,1-2H3,(H,17,18). The molecule has 1 aliphatic rings. The minimum atomic E-state index is -0.957. The average molecular weight is 268 g/mol. The largest absolute Gasteiger partial charge is 0.478 e. The molecule has 1 aromatic rings. The molecule has 4 heteroatoms. The molecule has 2 rings (SSSR count). The predicted molar refractivity (Wildman–Crippen MR) is 73.6 cm³/mol. The number of benzene rings is 1. The highest BCUT2D eigenvalue weighted by Crippen LogP contribution is 2.33. The molecule has 0 aliphatic carbocycles. The number of carboxylic acids is 1. The lowest BCUT2D eigenvalue weighted by Gasteiger charge is -2.40. The Morgan fingerprint density at radius 2 is 2.17 bits per heavy atom. The monoisotopic (exact) mass is 267 g/mol. The fraction of sp³-hybridized carbons (Fsp3) is 0.500. The third-order valence-corrected chi connectivity index (χ3v) is 4.20. The summed E-state index contributed by atoms with van der Waals surface area (Å²) in [6, 6.07) is 5.64. The van der Waals surface area contributed by atoms with Crippen molar-refractivity contribution in [2.75, 3.05) is 11.4 Å². The van der Waals surface area contributed by atoms with E-state index in [2.05, 4.69) is 18.7 Å². The van der Waals surface area contributed by atoms with Gasteiger partial charge in [-0.1, -0.05) is 24.6 Å². The van der Waals surface area contributed by atoms with Gasteiger partial charge in [0.25, 0.3) is 0 Å². The normalized spacial score (nSPS) is 24.1. The Morgan fingerprint density at radius 1 is 1.44 bits per heavy atom. The van der Waals surface area contributed by atoms with Crippen LogP contribution in [0.3, 0.4) is 0 Å². The number of hydrogen-bond donors (Lipinski definition) is 1. The number of carboxylic acid groups (broad SMARTS) is 1. The summed E-state index contributed by atoms with van der Waals surface area (Å²) in [4.78, 5) is 13.5. The summed E-state index contributed by atoms with van der Waals surface area (Å²) < 4.78 is 0. The highest BCUT2D eigenvalue weighted by atomic mass is 35.5. The van der Waals surface area contributed by atoms with Crippen LogP contribution >= 0.6 is 11.6 Å². The number of nitrogens with zero attached hydrogens (tertiary/aromatic N) is 1. The second-order valence-electron chi connectivity index (χ2n) is 4.99. The number of hydrogen-bond acceptors (Lipinski definition) is 2. The Hall–Kier alpha value is -1.22. The number of anilines is 1. The molecule has 2 atom stereocenters. The molecule has 1 fully saturated rings. The Morgan fingerprint density at radius 3 is 2.83 bits per heavy atom. The maximum atomic E-state index is 11.4. The van der Waals surface area contributed by atoms with Crippen LogP contribution in [0, 0.1) is 5.92 Å². The summed E-state index contributed by atoms with van der Waals surface area (Å²) in [5.41, 5.74) is 0.967. The van der Waals surface area contributed by atoms with Crippen LogP contribution < -0.4 is 4.90 Å². The molecule has 1 N–H and O–H groups in total. The van der Waals surface area contributed by atoms with Gasteiger partial charge < -0.3 is 10.0 Å². The first-order valence-corrected chi connectivity index (χ1v) is 6.68. The van der Waals surface area contributed by atoms with Crippen molar-refractivity contribution in [2.24, 2.45) is 5.92 Å². The summed E-state index contributed by atoms with van der Waals surface area (Å²) in [6.07, 6.45) is 2.29. The predicted octanol–water partition coefficient (Wildman–Crippen LogP) is 3.66. The minimum Gasteiger partial charge on any atom is -0.478 e. The van der Waals surface area contributed by atoms with Crippen LogP contribution in [-0.4, -0.2) is 23.7 Å². The van der Waals surface area contributed by atoms with Crippen LogP contribution in [0.5, 0.6) is 0 Å². The van der Waals surface area contributed by atoms with E-state index >= 15 is 0 Å². The third kappa shape index (κ3) is 2.32. The molecular weight excluding hydrogens is 250 g/mol. The molecule has 0 radical (unpaired) electrons. The lowest BCUT2D eigenvalue weighted by Crippen LogP contribution is -2.43. The van der Waals surface area contributed by atoms with Crippen molar-refractivity contribution in [2.45, 2.75) is 32.7 Å². The number of carbonyl (C=O) groups is 1. The number of rotatable bonds is 2. The Bertz CT molecular complexity index is 461. The van der Waals surface area contributed by atoms with Gasteiger partial charge in [-0.3, -0.25) is 0 Å². The number of piperidine rings is 1. The molecule has 1 saturated heterocycles. The smallest absolute Gasteiger partial charge is 0.339 e. The molecule has 0 bridgehead atoms. The van der Waals surface area contributed by atoms with E-state index in [0.29, 0.717) is 17.0 Å². The van der Waals surface area contributed by atoms with Gasteiger partial charge in [-0.15, -0.1) is 0 Å². The van der Waals surface area contributed by atoms with E-state index in [9.17, 15) is 9.90 Å². The van der Waals surface area contributed by atoms with Crippen LogP contribution in [0.15, 0.2) is 18.2 Å². The molecule has 0 amide bonds. The average Bonchev–Trinajstić information content (AvgIpc) is 2.32. The van der Waals surface area contributed by atoms with E-state index in [4.69, 9.17) is 11.6 Å². The van der Waals surface area contributed by atoms with Crippen molar-refractivity contribution < 1.29 is 9.90 Å². The molecule has 0 spiro atoms. The van der Waals surface area contributed by atoms with E-state index < -0.39 is 5.97 Å². The molecule has 0 saturated carbocycles. The van der Waals surface area contributed by atoms with Crippen molar-refractivity contribution in [3.05, 3.63) is 28.8 Å². The lowest BCUT2D eigenvalue weighted by atomic mass is 9.91. The van der Waals surface area contributed by atoms with Crippen LogP contribution in [0.4, 0.5) is 5.69 Å². The molecule has 2 unspecified atom stereocenters. The second kappa shape index (κ2) is 5.19. The second-order valence-corrected chi connectivity index (χ2v) is 5.40. The van der Waals surface area contributed by atoms with E-state index in [1.807, 2.05) is 12.1 Å². The molecule has 1 aromatic carbocycles. The van der Waals surface area contributed by atoms with Crippen molar-refractivity contribution in [3.8, 4) is 0 Å². The van der Waals surface area contributed by atoms with E-state index in [1.165, 1.54) is 6.42 Å². The van der Waals surface area contributed by atoms with Crippen LogP contribution in [0.1, 0.15) is 37.0 Å². The maximum Gasteiger partial charge on any atom is 0.339 e. The van der Waals surface area contributed by atoms with Gasteiger partial charge in [-0.05, 0) is 37.8 Å². The van der Waals surface area contributed by atoms with E-state index in [0.717, 1.165) is 18.7 Å². The summed E-state index contributed by atoms with van der Waals surface area (Å²) in [5, 5.41) is 9.63. The van der Waals surface area contributed by atoms with E-state index in [-0.39, 0.29) is 5.56 Å². The van der Waals surface area contributed by atoms with Gasteiger partial charge in [-0.2, -0.15) is 0 Å². The van der Waals surface area contributed by atoms with Gasteiger partial charge in [-0.25, -0.2) is 4.79 Å². The van der Waals surface area contributed by atoms with Gasteiger partial charge in [0.2, 0.25) is 0 Å². The first-order chi connectivity index (χ1) is 8.52. The van der Waals surface area contributed by atoms with Gasteiger partial charge in [0.05, 0.1) is 10.7 Å². The van der Waals surface area contributed by atoms with Gasteiger partial charge in [0.15, 0.2) is 0 Å². The van der Waals surface area contributed by atoms with Crippen LogP contribution in [0.2, 0.25) is 5.02 Å². The first kappa shape index (κ1) is 13.2. The number of halogens is 1. The summed E-state index contributed by atoms with van der Waals surface area (Å²) >= 11 is 6.02. The highest BCUT2D eigenvalue weighted by Gasteiger charge is 2.28. The molecule has 0 aromatic heterocycles. The van der Waals surface area contributed by atoms with Crippen molar-refractivity contribution in [1.82, 2.24) is 0 Å². The third-order valence-electron chi connectivity index (χ3n) is 3.89. The lowest BCUT2D eigenvalue weighted by molar-refractivity contribution is 0.0697. The summed E-state index contributed by atoms with van der Waals surface area (Å²) in [5.74, 6) is -0.389. The van der Waals surface area contributed by atoms with Crippen LogP contribution in [0.25, 0.3) is 0 Å². The number of aromatic carboxylic acids is 1. The quantitative estimate of drug-likeness (QED) is 0.889. The van der Waals surface area contributed by atoms with Crippen LogP contribution in [-0.2, 0) is 0 Å². The molecule has 3 nitrogen and oxygen atoms in total. The molecule has 18 heavy (non-hydrogen) atoms. The Balaban J connectivity index is 2.44. The Kier molecular flexibility index (Phi) is 3.81. The zero-order valence-electron chi connectivity index (χ0n) is 10.7. The van der Waals surface area contributed by atoms with Gasteiger partial charge in [0, 0.05) is 12.6 Å². The van der Waals surface area contributed by atoms with E-state index in [1.54, 1.807) is 6.07 Å². The SMILES string of the molecule is CC1CCCN(c2cccc(Cl)c2C(=O)O)C1C.